The molecule has 0 heterocycles. The molecule has 0 aliphatic heterocycles. The highest BCUT2D eigenvalue weighted by molar-refractivity contribution is 7.92. The number of amides is 2. The normalized spacial score (nSPS) is 12.1. The van der Waals surface area contributed by atoms with E-state index < -0.39 is 22.0 Å². The molecular weight excluding hydrogens is 438 g/mol. The smallest absolute Gasteiger partial charge is 0.244 e. The topological polar surface area (TPSA) is 86.8 Å². The quantitative estimate of drug-likeness (QED) is 0.453. The van der Waals surface area contributed by atoms with Crippen molar-refractivity contribution >= 4 is 27.5 Å². The van der Waals surface area contributed by atoms with E-state index in [2.05, 4.69) is 5.32 Å². The Kier molecular flexibility index (Phi) is 10.4. The molecule has 2 aromatic rings. The summed E-state index contributed by atoms with van der Waals surface area (Å²) in [5, 5.41) is 2.92. The summed E-state index contributed by atoms with van der Waals surface area (Å²) in [6.07, 6.45) is 3.89. The molecule has 0 fully saturated rings. The van der Waals surface area contributed by atoms with Crippen molar-refractivity contribution in [3.63, 3.8) is 0 Å². The third kappa shape index (κ3) is 8.20. The van der Waals surface area contributed by atoms with Crippen molar-refractivity contribution in [1.82, 2.24) is 10.2 Å². The Morgan fingerprint density at radius 1 is 0.970 bits per heavy atom. The van der Waals surface area contributed by atoms with Gasteiger partial charge in [-0.05, 0) is 37.0 Å². The maximum atomic E-state index is 13.5. The summed E-state index contributed by atoms with van der Waals surface area (Å²) in [5.74, 6) is -0.615. The van der Waals surface area contributed by atoms with Gasteiger partial charge in [0.15, 0.2) is 0 Å². The van der Waals surface area contributed by atoms with E-state index in [1.807, 2.05) is 44.2 Å². The molecule has 1 N–H and O–H groups in total. The Bertz CT molecular complexity index is 981. The fraction of sp³-hybridized carbons (Fsp3) is 0.440. The van der Waals surface area contributed by atoms with Gasteiger partial charge in [-0.25, -0.2) is 8.42 Å². The van der Waals surface area contributed by atoms with E-state index in [1.165, 1.54) is 4.90 Å². The first-order valence-corrected chi connectivity index (χ1v) is 13.3. The number of rotatable bonds is 13. The molecule has 2 rings (SSSR count). The number of benzene rings is 2. The lowest BCUT2D eigenvalue weighted by Crippen LogP contribution is -2.53. The van der Waals surface area contributed by atoms with E-state index in [0.29, 0.717) is 31.6 Å². The number of unbranched alkanes of at least 4 members (excludes halogenated alkanes) is 1. The van der Waals surface area contributed by atoms with Crippen LogP contribution in [0.2, 0.25) is 0 Å². The van der Waals surface area contributed by atoms with E-state index >= 15 is 0 Å². The monoisotopic (exact) mass is 473 g/mol. The van der Waals surface area contributed by atoms with Crippen LogP contribution in [0.1, 0.15) is 38.7 Å². The number of nitrogens with one attached hydrogen (secondary N) is 1. The third-order valence-corrected chi connectivity index (χ3v) is 6.56. The van der Waals surface area contributed by atoms with Crippen LogP contribution in [-0.2, 0) is 26.0 Å². The first kappa shape index (κ1) is 26.4. The highest BCUT2D eigenvalue weighted by atomic mass is 32.2. The molecule has 2 amide bonds. The molecule has 8 heteroatoms. The van der Waals surface area contributed by atoms with E-state index in [4.69, 9.17) is 0 Å². The number of hydrogen-bond acceptors (Lipinski definition) is 4. The Labute approximate surface area is 197 Å². The first-order valence-electron chi connectivity index (χ1n) is 11.4. The van der Waals surface area contributed by atoms with Crippen LogP contribution in [-0.4, -0.2) is 57.1 Å². The molecule has 33 heavy (non-hydrogen) atoms. The van der Waals surface area contributed by atoms with Crippen molar-refractivity contribution in [2.45, 2.75) is 45.6 Å². The predicted molar refractivity (Wildman–Crippen MR) is 132 cm³/mol. The van der Waals surface area contributed by atoms with E-state index in [-0.39, 0.29) is 12.5 Å². The number of anilines is 1. The van der Waals surface area contributed by atoms with Gasteiger partial charge < -0.3 is 10.2 Å². The van der Waals surface area contributed by atoms with Crippen molar-refractivity contribution in [2.75, 3.05) is 30.2 Å². The van der Waals surface area contributed by atoms with Gasteiger partial charge in [0, 0.05) is 13.1 Å². The summed E-state index contributed by atoms with van der Waals surface area (Å²) in [4.78, 5) is 27.9. The third-order valence-electron chi connectivity index (χ3n) is 5.42. The number of carbonyl (C=O) groups is 2. The van der Waals surface area contributed by atoms with Gasteiger partial charge >= 0.3 is 0 Å². The molecule has 7 nitrogen and oxygen atoms in total. The van der Waals surface area contributed by atoms with Gasteiger partial charge in [-0.2, -0.15) is 0 Å². The second kappa shape index (κ2) is 13.0. The van der Waals surface area contributed by atoms with Crippen molar-refractivity contribution in [1.29, 1.82) is 0 Å². The van der Waals surface area contributed by atoms with Gasteiger partial charge in [0.1, 0.15) is 12.6 Å². The van der Waals surface area contributed by atoms with Crippen LogP contribution in [0.15, 0.2) is 60.7 Å². The molecule has 0 saturated heterocycles. The maximum absolute atomic E-state index is 13.5. The molecule has 0 aliphatic carbocycles. The lowest BCUT2D eigenvalue weighted by molar-refractivity contribution is -0.139. The van der Waals surface area contributed by atoms with Gasteiger partial charge in [-0.3, -0.25) is 13.9 Å². The maximum Gasteiger partial charge on any atom is 0.244 e. The number of carbonyl (C=O) groups excluding carboxylic acids is 2. The zero-order chi connectivity index (χ0) is 24.3. The highest BCUT2D eigenvalue weighted by Gasteiger charge is 2.31. The number of hydrogen-bond donors (Lipinski definition) is 1. The standard InChI is InChI=1S/C25H35N3O4S/c1-4-6-18-26-25(30)23(5-2)27(19-17-21-13-9-7-10-14-21)24(29)20-28(33(3,31)32)22-15-11-8-12-16-22/h7-16,23H,4-6,17-20H2,1-3H3,(H,26,30)/t23-/m0/s1. The molecule has 0 aliphatic rings. The number of nitrogens with zero attached hydrogens (tertiary/aromatic N) is 2. The van der Waals surface area contributed by atoms with E-state index in [1.54, 1.807) is 30.3 Å². The summed E-state index contributed by atoms with van der Waals surface area (Å²) >= 11 is 0. The molecule has 2 aromatic carbocycles. The minimum Gasteiger partial charge on any atom is -0.354 e. The van der Waals surface area contributed by atoms with Crippen LogP contribution in [0, 0.1) is 0 Å². The number of sulfonamides is 1. The van der Waals surface area contributed by atoms with Gasteiger partial charge in [0.2, 0.25) is 21.8 Å². The minimum absolute atomic E-state index is 0.210. The SMILES string of the molecule is CCCCNC(=O)[C@H](CC)N(CCc1ccccc1)C(=O)CN(c1ccccc1)S(C)(=O)=O. The molecule has 0 aromatic heterocycles. The fourth-order valence-corrected chi connectivity index (χ4v) is 4.46. The molecule has 0 radical (unpaired) electrons. The van der Waals surface area contributed by atoms with Crippen molar-refractivity contribution in [3.8, 4) is 0 Å². The van der Waals surface area contributed by atoms with Crippen molar-refractivity contribution in [3.05, 3.63) is 66.2 Å². The summed E-state index contributed by atoms with van der Waals surface area (Å²) < 4.78 is 26.1. The van der Waals surface area contributed by atoms with Crippen LogP contribution in [0.25, 0.3) is 0 Å². The Morgan fingerprint density at radius 2 is 1.58 bits per heavy atom. The average Bonchev–Trinajstić information content (AvgIpc) is 2.80. The molecule has 0 saturated carbocycles. The van der Waals surface area contributed by atoms with Crippen LogP contribution in [0.5, 0.6) is 0 Å². The summed E-state index contributed by atoms with van der Waals surface area (Å²) in [5.41, 5.74) is 1.45. The Morgan fingerprint density at radius 3 is 2.12 bits per heavy atom. The first-order chi connectivity index (χ1) is 15.8. The molecule has 0 spiro atoms. The van der Waals surface area contributed by atoms with Gasteiger partial charge in [0.05, 0.1) is 11.9 Å². The Balaban J connectivity index is 2.29. The average molecular weight is 474 g/mol. The summed E-state index contributed by atoms with van der Waals surface area (Å²) in [6.45, 7) is 4.40. The highest BCUT2D eigenvalue weighted by Crippen LogP contribution is 2.18. The van der Waals surface area contributed by atoms with Crippen LogP contribution < -0.4 is 9.62 Å². The van der Waals surface area contributed by atoms with Crippen LogP contribution in [0.4, 0.5) is 5.69 Å². The number of para-hydroxylation sites is 1. The lowest BCUT2D eigenvalue weighted by atomic mass is 10.1. The second-order valence-electron chi connectivity index (χ2n) is 8.00. The Hall–Kier alpha value is -2.87. The molecule has 180 valence electrons. The van der Waals surface area contributed by atoms with Gasteiger partial charge in [0.25, 0.3) is 0 Å². The second-order valence-corrected chi connectivity index (χ2v) is 9.90. The van der Waals surface area contributed by atoms with Gasteiger partial charge in [-0.15, -0.1) is 0 Å². The predicted octanol–water partition coefficient (Wildman–Crippen LogP) is 3.22. The van der Waals surface area contributed by atoms with E-state index in [9.17, 15) is 18.0 Å². The molecular formula is C25H35N3O4S. The zero-order valence-electron chi connectivity index (χ0n) is 19.7. The summed E-state index contributed by atoms with van der Waals surface area (Å²) in [7, 11) is -3.70. The zero-order valence-corrected chi connectivity index (χ0v) is 20.6. The van der Waals surface area contributed by atoms with Crippen molar-refractivity contribution in [2.24, 2.45) is 0 Å². The molecule has 1 atom stereocenters. The van der Waals surface area contributed by atoms with Crippen LogP contribution >= 0.6 is 0 Å². The van der Waals surface area contributed by atoms with Crippen LogP contribution in [0.3, 0.4) is 0 Å². The minimum atomic E-state index is -3.70. The summed E-state index contributed by atoms with van der Waals surface area (Å²) in [6, 6.07) is 17.6. The van der Waals surface area contributed by atoms with Gasteiger partial charge in [-0.1, -0.05) is 68.8 Å². The fourth-order valence-electron chi connectivity index (χ4n) is 3.61. The lowest BCUT2D eigenvalue weighted by Gasteiger charge is -2.32. The van der Waals surface area contributed by atoms with Crippen molar-refractivity contribution < 1.29 is 18.0 Å². The van der Waals surface area contributed by atoms with E-state index in [0.717, 1.165) is 29.0 Å². The molecule has 0 bridgehead atoms. The molecule has 0 unspecified atom stereocenters. The largest absolute Gasteiger partial charge is 0.354 e.